The molecule has 21 heavy (non-hydrogen) atoms. The molecule has 0 bridgehead atoms. The summed E-state index contributed by atoms with van der Waals surface area (Å²) in [6, 6.07) is 5.87. The molecule has 1 aromatic carbocycles. The van der Waals surface area contributed by atoms with Gasteiger partial charge in [0.05, 0.1) is 11.5 Å². The fraction of sp³-hybridized carbons (Fsp3) is 0.533. The van der Waals surface area contributed by atoms with Crippen LogP contribution in [0.3, 0.4) is 0 Å². The number of carbonyl (C=O) groups excluding carboxylic acids is 1. The molecule has 0 aliphatic carbocycles. The maximum absolute atomic E-state index is 13.4. The standard InChI is InChI=1S/C15H17F3N2O/c1-15(8-13(17)18)9-19-6-5-12(20(19)14(15)21)10-3-2-4-11(16)7-10/h2-4,7,12-13H,5-6,8-9H2,1H3/t12-,15+/m1/s1. The quantitative estimate of drug-likeness (QED) is 0.856. The molecule has 0 radical (unpaired) electrons. The van der Waals surface area contributed by atoms with Crippen LogP contribution in [-0.4, -0.2) is 35.4 Å². The highest BCUT2D eigenvalue weighted by Crippen LogP contribution is 2.44. The summed E-state index contributed by atoms with van der Waals surface area (Å²) >= 11 is 0. The third-order valence-electron chi connectivity index (χ3n) is 4.35. The van der Waals surface area contributed by atoms with Gasteiger partial charge >= 0.3 is 0 Å². The summed E-state index contributed by atoms with van der Waals surface area (Å²) in [5, 5.41) is 3.37. The van der Waals surface area contributed by atoms with Crippen molar-refractivity contribution in [1.29, 1.82) is 0 Å². The lowest BCUT2D eigenvalue weighted by molar-refractivity contribution is -0.143. The van der Waals surface area contributed by atoms with Gasteiger partial charge in [0.25, 0.3) is 0 Å². The Balaban J connectivity index is 1.87. The minimum Gasteiger partial charge on any atom is -0.273 e. The van der Waals surface area contributed by atoms with Crippen LogP contribution in [0.15, 0.2) is 24.3 Å². The van der Waals surface area contributed by atoms with Crippen LogP contribution in [0.25, 0.3) is 0 Å². The van der Waals surface area contributed by atoms with E-state index in [1.54, 1.807) is 24.1 Å². The van der Waals surface area contributed by atoms with E-state index in [1.165, 1.54) is 12.1 Å². The van der Waals surface area contributed by atoms with Gasteiger partial charge in [0.1, 0.15) is 5.82 Å². The van der Waals surface area contributed by atoms with Gasteiger partial charge in [-0.05, 0) is 31.0 Å². The molecule has 0 unspecified atom stereocenters. The number of hydrogen-bond acceptors (Lipinski definition) is 2. The monoisotopic (exact) mass is 298 g/mol. The molecule has 3 nitrogen and oxygen atoms in total. The molecule has 1 amide bonds. The van der Waals surface area contributed by atoms with E-state index in [9.17, 15) is 18.0 Å². The van der Waals surface area contributed by atoms with E-state index >= 15 is 0 Å². The highest BCUT2D eigenvalue weighted by atomic mass is 19.3. The topological polar surface area (TPSA) is 23.6 Å². The van der Waals surface area contributed by atoms with Crippen LogP contribution in [-0.2, 0) is 4.79 Å². The van der Waals surface area contributed by atoms with E-state index in [0.29, 0.717) is 25.1 Å². The number of hydrogen-bond donors (Lipinski definition) is 0. The Bertz CT molecular complexity index is 566. The molecule has 0 N–H and O–H groups in total. The third kappa shape index (κ3) is 2.41. The Morgan fingerprint density at radius 3 is 2.86 bits per heavy atom. The predicted molar refractivity (Wildman–Crippen MR) is 70.9 cm³/mol. The zero-order chi connectivity index (χ0) is 15.2. The fourth-order valence-corrected chi connectivity index (χ4v) is 3.38. The van der Waals surface area contributed by atoms with Crippen molar-refractivity contribution < 1.29 is 18.0 Å². The summed E-state index contributed by atoms with van der Waals surface area (Å²) in [5.41, 5.74) is -0.340. The first-order chi connectivity index (χ1) is 9.90. The zero-order valence-electron chi connectivity index (χ0n) is 11.7. The van der Waals surface area contributed by atoms with E-state index in [1.807, 2.05) is 5.01 Å². The van der Waals surface area contributed by atoms with Gasteiger partial charge in [0.15, 0.2) is 0 Å². The van der Waals surface area contributed by atoms with Crippen molar-refractivity contribution in [2.24, 2.45) is 5.41 Å². The van der Waals surface area contributed by atoms with Crippen molar-refractivity contribution in [3.8, 4) is 0 Å². The number of halogens is 3. The molecule has 2 saturated heterocycles. The van der Waals surface area contributed by atoms with Crippen molar-refractivity contribution >= 4 is 5.91 Å². The number of alkyl halides is 2. The van der Waals surface area contributed by atoms with E-state index in [2.05, 4.69) is 0 Å². The molecule has 2 atom stereocenters. The molecule has 2 aliphatic rings. The molecular weight excluding hydrogens is 281 g/mol. The number of rotatable bonds is 3. The van der Waals surface area contributed by atoms with Gasteiger partial charge in [-0.1, -0.05) is 12.1 Å². The van der Waals surface area contributed by atoms with Crippen LogP contribution in [0.4, 0.5) is 13.2 Å². The van der Waals surface area contributed by atoms with Crippen molar-refractivity contribution in [2.45, 2.75) is 32.2 Å². The minimum absolute atomic E-state index is 0.257. The summed E-state index contributed by atoms with van der Waals surface area (Å²) in [6.07, 6.45) is -2.25. The smallest absolute Gasteiger partial charge is 0.244 e. The van der Waals surface area contributed by atoms with Gasteiger partial charge < -0.3 is 0 Å². The van der Waals surface area contributed by atoms with Crippen molar-refractivity contribution in [3.05, 3.63) is 35.6 Å². The van der Waals surface area contributed by atoms with Gasteiger partial charge in [-0.3, -0.25) is 9.80 Å². The number of benzene rings is 1. The van der Waals surface area contributed by atoms with Crippen molar-refractivity contribution in [1.82, 2.24) is 10.0 Å². The van der Waals surface area contributed by atoms with Gasteiger partial charge in [0, 0.05) is 19.5 Å². The number of hydrazine groups is 1. The van der Waals surface area contributed by atoms with Gasteiger partial charge in [0.2, 0.25) is 12.3 Å². The van der Waals surface area contributed by atoms with E-state index < -0.39 is 18.3 Å². The van der Waals surface area contributed by atoms with Gasteiger partial charge in [-0.2, -0.15) is 0 Å². The van der Waals surface area contributed by atoms with Gasteiger partial charge in [-0.25, -0.2) is 18.2 Å². The SMILES string of the molecule is C[C@]1(CC(F)F)CN2CC[C@H](c3cccc(F)c3)N2C1=O. The zero-order valence-corrected chi connectivity index (χ0v) is 11.7. The maximum Gasteiger partial charge on any atom is 0.244 e. The van der Waals surface area contributed by atoms with Crippen LogP contribution in [0, 0.1) is 11.2 Å². The largest absolute Gasteiger partial charge is 0.273 e. The van der Waals surface area contributed by atoms with E-state index in [0.717, 1.165) is 0 Å². The van der Waals surface area contributed by atoms with Crippen molar-refractivity contribution in [2.75, 3.05) is 13.1 Å². The molecule has 2 heterocycles. The first kappa shape index (κ1) is 14.4. The summed E-state index contributed by atoms with van der Waals surface area (Å²) in [6.45, 7) is 2.52. The lowest BCUT2D eigenvalue weighted by Gasteiger charge is -2.26. The normalized spacial score (nSPS) is 29.5. The number of nitrogens with zero attached hydrogens (tertiary/aromatic N) is 2. The van der Waals surface area contributed by atoms with Crippen LogP contribution in [0.5, 0.6) is 0 Å². The Hall–Kier alpha value is -1.56. The number of amides is 1. The number of fused-ring (bicyclic) bond motifs is 1. The second-order valence-corrected chi connectivity index (χ2v) is 6.05. The summed E-state index contributed by atoms with van der Waals surface area (Å²) in [5.74, 6) is -0.637. The first-order valence-electron chi connectivity index (χ1n) is 7.03. The summed E-state index contributed by atoms with van der Waals surface area (Å²) in [4.78, 5) is 12.6. The summed E-state index contributed by atoms with van der Waals surface area (Å²) < 4.78 is 38.8. The highest BCUT2D eigenvalue weighted by Gasteiger charge is 2.53. The number of carbonyl (C=O) groups is 1. The Kier molecular flexibility index (Phi) is 3.43. The molecule has 3 rings (SSSR count). The Labute approximate surface area is 121 Å². The fourth-order valence-electron chi connectivity index (χ4n) is 3.38. The first-order valence-corrected chi connectivity index (χ1v) is 7.03. The molecule has 0 spiro atoms. The minimum atomic E-state index is -2.51. The van der Waals surface area contributed by atoms with E-state index in [-0.39, 0.29) is 17.8 Å². The third-order valence-corrected chi connectivity index (χ3v) is 4.35. The molecule has 2 fully saturated rings. The molecule has 6 heteroatoms. The van der Waals surface area contributed by atoms with E-state index in [4.69, 9.17) is 0 Å². The van der Waals surface area contributed by atoms with Crippen LogP contribution in [0.2, 0.25) is 0 Å². The van der Waals surface area contributed by atoms with Crippen LogP contribution in [0.1, 0.15) is 31.4 Å². The Morgan fingerprint density at radius 1 is 1.43 bits per heavy atom. The average Bonchev–Trinajstić information content (AvgIpc) is 2.89. The van der Waals surface area contributed by atoms with Crippen molar-refractivity contribution in [3.63, 3.8) is 0 Å². The second-order valence-electron chi connectivity index (χ2n) is 6.05. The molecule has 0 saturated carbocycles. The maximum atomic E-state index is 13.4. The Morgan fingerprint density at radius 2 is 2.19 bits per heavy atom. The molecule has 0 aromatic heterocycles. The highest BCUT2D eigenvalue weighted by molar-refractivity contribution is 5.85. The molecular formula is C15H17F3N2O. The molecule has 114 valence electrons. The van der Waals surface area contributed by atoms with Crippen LogP contribution < -0.4 is 0 Å². The van der Waals surface area contributed by atoms with Gasteiger partial charge in [-0.15, -0.1) is 0 Å². The summed E-state index contributed by atoms with van der Waals surface area (Å²) in [7, 11) is 0. The van der Waals surface area contributed by atoms with Crippen LogP contribution >= 0.6 is 0 Å². The lowest BCUT2D eigenvalue weighted by Crippen LogP contribution is -2.36. The second kappa shape index (κ2) is 5.02. The lowest BCUT2D eigenvalue weighted by atomic mass is 9.86. The molecule has 2 aliphatic heterocycles. The average molecular weight is 298 g/mol. The predicted octanol–water partition coefficient (Wildman–Crippen LogP) is 2.99. The molecule has 1 aromatic rings.